The van der Waals surface area contributed by atoms with Gasteiger partial charge in [-0.25, -0.2) is 4.39 Å². The Balaban J connectivity index is 2.19. The fourth-order valence-corrected chi connectivity index (χ4v) is 2.51. The summed E-state index contributed by atoms with van der Waals surface area (Å²) in [6.45, 7) is 2.22. The highest BCUT2D eigenvalue weighted by Crippen LogP contribution is 2.29. The van der Waals surface area contributed by atoms with Gasteiger partial charge in [0.2, 0.25) is 0 Å². The highest BCUT2D eigenvalue weighted by atomic mass is 79.9. The lowest BCUT2D eigenvalue weighted by Gasteiger charge is -2.11. The molecule has 0 atom stereocenters. The van der Waals surface area contributed by atoms with Crippen LogP contribution in [0.1, 0.15) is 11.1 Å². The van der Waals surface area contributed by atoms with Gasteiger partial charge in [-0.1, -0.05) is 39.1 Å². The van der Waals surface area contributed by atoms with Gasteiger partial charge in [0.15, 0.2) is 0 Å². The Hall–Kier alpha value is -0.770. The van der Waals surface area contributed by atoms with Crippen molar-refractivity contribution in [1.29, 1.82) is 0 Å². The van der Waals surface area contributed by atoms with Gasteiger partial charge in [-0.05, 0) is 42.8 Å². The molecule has 0 saturated carbocycles. The quantitative estimate of drug-likeness (QED) is 0.725. The van der Waals surface area contributed by atoms with Crippen LogP contribution in [0.4, 0.5) is 10.1 Å². The van der Waals surface area contributed by atoms with E-state index in [9.17, 15) is 4.39 Å². The highest BCUT2D eigenvalue weighted by Gasteiger charge is 2.07. The van der Waals surface area contributed by atoms with Crippen molar-refractivity contribution in [2.45, 2.75) is 13.5 Å². The molecule has 0 spiro atoms. The molecule has 2 aromatic carbocycles. The first-order chi connectivity index (χ1) is 8.97. The topological polar surface area (TPSA) is 12.0 Å². The van der Waals surface area contributed by atoms with Crippen LogP contribution in [0.2, 0.25) is 10.0 Å². The SMILES string of the molecule is Cc1cc(Cl)c(NCc2cc(Br)ccc2F)cc1Cl. The maximum absolute atomic E-state index is 13.6. The molecule has 0 bridgehead atoms. The molecule has 19 heavy (non-hydrogen) atoms. The number of anilines is 1. The Labute approximate surface area is 129 Å². The van der Waals surface area contributed by atoms with Crippen LogP contribution in [0.5, 0.6) is 0 Å². The molecule has 2 rings (SSSR count). The number of rotatable bonds is 3. The molecule has 0 saturated heterocycles. The summed E-state index contributed by atoms with van der Waals surface area (Å²) in [4.78, 5) is 0. The lowest BCUT2D eigenvalue weighted by Crippen LogP contribution is -2.02. The van der Waals surface area contributed by atoms with Crippen LogP contribution in [0, 0.1) is 12.7 Å². The van der Waals surface area contributed by atoms with Crippen molar-refractivity contribution in [2.24, 2.45) is 0 Å². The van der Waals surface area contributed by atoms with E-state index < -0.39 is 0 Å². The van der Waals surface area contributed by atoms with Crippen molar-refractivity contribution in [3.05, 3.63) is 61.8 Å². The van der Waals surface area contributed by atoms with Crippen LogP contribution in [-0.2, 0) is 6.54 Å². The molecule has 1 nitrogen and oxygen atoms in total. The van der Waals surface area contributed by atoms with Crippen LogP contribution in [0.15, 0.2) is 34.8 Å². The second-order valence-electron chi connectivity index (χ2n) is 4.17. The van der Waals surface area contributed by atoms with Crippen LogP contribution in [-0.4, -0.2) is 0 Å². The number of nitrogens with one attached hydrogen (secondary N) is 1. The fourth-order valence-electron chi connectivity index (χ4n) is 1.65. The molecule has 5 heteroatoms. The van der Waals surface area contributed by atoms with Crippen molar-refractivity contribution in [1.82, 2.24) is 0 Å². The van der Waals surface area contributed by atoms with Crippen molar-refractivity contribution >= 4 is 44.8 Å². The molecule has 0 aromatic heterocycles. The van der Waals surface area contributed by atoms with Gasteiger partial charge in [0.1, 0.15) is 5.82 Å². The van der Waals surface area contributed by atoms with Gasteiger partial charge in [-0.3, -0.25) is 0 Å². The predicted octanol–water partition coefficient (Wildman–Crippen LogP) is 5.82. The summed E-state index contributed by atoms with van der Waals surface area (Å²) < 4.78 is 14.4. The molecule has 0 aliphatic rings. The molecule has 1 N–H and O–H groups in total. The maximum Gasteiger partial charge on any atom is 0.128 e. The van der Waals surface area contributed by atoms with E-state index in [0.717, 1.165) is 10.0 Å². The van der Waals surface area contributed by atoms with E-state index in [1.54, 1.807) is 24.3 Å². The van der Waals surface area contributed by atoms with E-state index in [-0.39, 0.29) is 5.82 Å². The third-order valence-corrected chi connectivity index (χ3v) is 3.94. The van der Waals surface area contributed by atoms with Crippen molar-refractivity contribution in [3.63, 3.8) is 0 Å². The summed E-state index contributed by atoms with van der Waals surface area (Å²) in [5.74, 6) is -0.259. The lowest BCUT2D eigenvalue weighted by molar-refractivity contribution is 0.612. The average Bonchev–Trinajstić information content (AvgIpc) is 2.36. The molecule has 0 aliphatic carbocycles. The molecule has 0 aliphatic heterocycles. The molecule has 0 amide bonds. The number of hydrogen-bond donors (Lipinski definition) is 1. The van der Waals surface area contributed by atoms with Crippen molar-refractivity contribution in [3.8, 4) is 0 Å². The van der Waals surface area contributed by atoms with E-state index in [4.69, 9.17) is 23.2 Å². The fraction of sp³-hybridized carbons (Fsp3) is 0.143. The molecular formula is C14H11BrCl2FN. The minimum Gasteiger partial charge on any atom is -0.380 e. The molecule has 0 fully saturated rings. The molecule has 0 radical (unpaired) electrons. The smallest absolute Gasteiger partial charge is 0.128 e. The first-order valence-corrected chi connectivity index (χ1v) is 7.15. The normalized spacial score (nSPS) is 10.6. The van der Waals surface area contributed by atoms with E-state index in [0.29, 0.717) is 27.8 Å². The third kappa shape index (κ3) is 3.62. The van der Waals surface area contributed by atoms with Gasteiger partial charge >= 0.3 is 0 Å². The van der Waals surface area contributed by atoms with E-state index in [1.165, 1.54) is 6.07 Å². The standard InChI is InChI=1S/C14H11BrCl2FN/c1-8-4-12(17)14(6-11(8)16)19-7-9-5-10(15)2-3-13(9)18/h2-6,19H,7H2,1H3. The van der Waals surface area contributed by atoms with Gasteiger partial charge in [-0.2, -0.15) is 0 Å². The first-order valence-electron chi connectivity index (χ1n) is 5.61. The number of aryl methyl sites for hydroxylation is 1. The van der Waals surface area contributed by atoms with Crippen molar-refractivity contribution < 1.29 is 4.39 Å². The van der Waals surface area contributed by atoms with E-state index >= 15 is 0 Å². The molecule has 2 aromatic rings. The Morgan fingerprint density at radius 3 is 2.63 bits per heavy atom. The van der Waals surface area contributed by atoms with Gasteiger partial charge in [0.25, 0.3) is 0 Å². The molecular weight excluding hydrogens is 352 g/mol. The van der Waals surface area contributed by atoms with Gasteiger partial charge in [-0.15, -0.1) is 0 Å². The summed E-state index contributed by atoms with van der Waals surface area (Å²) in [7, 11) is 0. The minimum absolute atomic E-state index is 0.259. The molecule has 100 valence electrons. The summed E-state index contributed by atoms with van der Waals surface area (Å²) in [6.07, 6.45) is 0. The Bertz CT molecular complexity index is 617. The first kappa shape index (κ1) is 14.6. The number of halogens is 4. The number of hydrogen-bond acceptors (Lipinski definition) is 1. The lowest BCUT2D eigenvalue weighted by atomic mass is 10.2. The largest absolute Gasteiger partial charge is 0.380 e. The zero-order valence-electron chi connectivity index (χ0n) is 10.1. The zero-order chi connectivity index (χ0) is 14.0. The summed E-state index contributed by atoms with van der Waals surface area (Å²) >= 11 is 15.5. The second-order valence-corrected chi connectivity index (χ2v) is 5.90. The third-order valence-electron chi connectivity index (χ3n) is 2.73. The predicted molar refractivity (Wildman–Crippen MR) is 82.6 cm³/mol. The van der Waals surface area contributed by atoms with Crippen molar-refractivity contribution in [2.75, 3.05) is 5.32 Å². The van der Waals surface area contributed by atoms with Gasteiger partial charge in [0, 0.05) is 21.6 Å². The monoisotopic (exact) mass is 361 g/mol. The zero-order valence-corrected chi connectivity index (χ0v) is 13.2. The maximum atomic E-state index is 13.6. The Kier molecular flexibility index (Phi) is 4.71. The Morgan fingerprint density at radius 2 is 1.89 bits per heavy atom. The highest BCUT2D eigenvalue weighted by molar-refractivity contribution is 9.10. The second kappa shape index (κ2) is 6.12. The number of benzene rings is 2. The van der Waals surface area contributed by atoms with Crippen LogP contribution in [0.3, 0.4) is 0 Å². The van der Waals surface area contributed by atoms with Crippen LogP contribution in [0.25, 0.3) is 0 Å². The summed E-state index contributed by atoms with van der Waals surface area (Å²) in [5.41, 5.74) is 2.16. The van der Waals surface area contributed by atoms with Crippen LogP contribution >= 0.6 is 39.1 Å². The van der Waals surface area contributed by atoms with Gasteiger partial charge < -0.3 is 5.32 Å². The van der Waals surface area contributed by atoms with Gasteiger partial charge in [0.05, 0.1) is 10.7 Å². The van der Waals surface area contributed by atoms with Crippen LogP contribution < -0.4 is 5.32 Å². The average molecular weight is 363 g/mol. The summed E-state index contributed by atoms with van der Waals surface area (Å²) in [6, 6.07) is 8.34. The molecule has 0 heterocycles. The van der Waals surface area contributed by atoms with E-state index in [1.807, 2.05) is 6.92 Å². The Morgan fingerprint density at radius 1 is 1.16 bits per heavy atom. The molecule has 0 unspecified atom stereocenters. The minimum atomic E-state index is -0.259. The van der Waals surface area contributed by atoms with E-state index in [2.05, 4.69) is 21.2 Å². The summed E-state index contributed by atoms with van der Waals surface area (Å²) in [5, 5.41) is 4.28.